The molecule has 0 aliphatic carbocycles. The van der Waals surface area contributed by atoms with Crippen molar-refractivity contribution in [2.75, 3.05) is 12.4 Å². The molecule has 0 fully saturated rings. The number of nitrogens with zero attached hydrogens (tertiary/aromatic N) is 2. The molecule has 0 amide bonds. The fourth-order valence-corrected chi connectivity index (χ4v) is 1.85. The number of halogens is 2. The largest absolute Gasteiger partial charge is 0.494 e. The minimum atomic E-state index is -0.405. The van der Waals surface area contributed by atoms with Gasteiger partial charge in [-0.25, -0.2) is 14.4 Å². The Labute approximate surface area is 109 Å². The minimum absolute atomic E-state index is 0.0931. The van der Waals surface area contributed by atoms with Gasteiger partial charge in [0.2, 0.25) is 5.28 Å². The first-order valence-electron chi connectivity index (χ1n) is 5.48. The highest BCUT2D eigenvalue weighted by Crippen LogP contribution is 2.30. The Hall–Kier alpha value is -1.62. The summed E-state index contributed by atoms with van der Waals surface area (Å²) in [7, 11) is 1.46. The maximum Gasteiger partial charge on any atom is 0.225 e. The summed E-state index contributed by atoms with van der Waals surface area (Å²) >= 11 is 5.86. The van der Waals surface area contributed by atoms with E-state index >= 15 is 0 Å². The molecule has 1 aromatic carbocycles. The predicted molar refractivity (Wildman–Crippen MR) is 69.8 cm³/mol. The van der Waals surface area contributed by atoms with Gasteiger partial charge in [-0.15, -0.1) is 0 Å². The highest BCUT2D eigenvalue weighted by Gasteiger charge is 2.13. The molecule has 0 aliphatic heterocycles. The van der Waals surface area contributed by atoms with Crippen LogP contribution in [-0.2, 0) is 0 Å². The lowest BCUT2D eigenvalue weighted by atomic mass is 10.2. The molecule has 0 spiro atoms. The Kier molecular flexibility index (Phi) is 3.52. The third kappa shape index (κ3) is 2.46. The molecule has 6 heteroatoms. The summed E-state index contributed by atoms with van der Waals surface area (Å²) in [6.07, 6.45) is 0. The van der Waals surface area contributed by atoms with E-state index in [1.54, 1.807) is 0 Å². The van der Waals surface area contributed by atoms with E-state index < -0.39 is 5.82 Å². The molecule has 0 atom stereocenters. The van der Waals surface area contributed by atoms with E-state index in [1.165, 1.54) is 19.2 Å². The maximum atomic E-state index is 13.5. The van der Waals surface area contributed by atoms with Crippen LogP contribution in [0.2, 0.25) is 5.28 Å². The number of fused-ring (bicyclic) bond motifs is 1. The van der Waals surface area contributed by atoms with Crippen molar-refractivity contribution in [3.05, 3.63) is 23.2 Å². The zero-order chi connectivity index (χ0) is 13.3. The summed E-state index contributed by atoms with van der Waals surface area (Å²) in [5.41, 5.74) is 0.488. The molecule has 1 aromatic heterocycles. The van der Waals surface area contributed by atoms with Crippen LogP contribution in [0.5, 0.6) is 5.75 Å². The van der Waals surface area contributed by atoms with Crippen LogP contribution in [0.15, 0.2) is 12.1 Å². The lowest BCUT2D eigenvalue weighted by Gasteiger charge is -2.13. The zero-order valence-electron chi connectivity index (χ0n) is 10.3. The molecule has 0 unspecified atom stereocenters. The number of hydrogen-bond donors (Lipinski definition) is 1. The third-order valence-corrected chi connectivity index (χ3v) is 2.52. The van der Waals surface area contributed by atoms with Gasteiger partial charge >= 0.3 is 0 Å². The fraction of sp³-hybridized carbons (Fsp3) is 0.333. The van der Waals surface area contributed by atoms with Crippen molar-refractivity contribution < 1.29 is 9.13 Å². The van der Waals surface area contributed by atoms with Crippen molar-refractivity contribution in [1.29, 1.82) is 0 Å². The average molecular weight is 270 g/mol. The molecule has 0 radical (unpaired) electrons. The van der Waals surface area contributed by atoms with E-state index in [4.69, 9.17) is 16.3 Å². The van der Waals surface area contributed by atoms with Gasteiger partial charge in [-0.2, -0.15) is 0 Å². The van der Waals surface area contributed by atoms with Crippen LogP contribution in [0.1, 0.15) is 13.8 Å². The summed E-state index contributed by atoms with van der Waals surface area (Å²) in [5.74, 6) is 0.427. The second-order valence-electron chi connectivity index (χ2n) is 4.14. The first kappa shape index (κ1) is 12.8. The molecule has 4 nitrogen and oxygen atoms in total. The van der Waals surface area contributed by atoms with Gasteiger partial charge in [-0.1, -0.05) is 0 Å². The van der Waals surface area contributed by atoms with Crippen LogP contribution in [0.3, 0.4) is 0 Å². The lowest BCUT2D eigenvalue weighted by molar-refractivity contribution is 0.415. The summed E-state index contributed by atoms with van der Waals surface area (Å²) < 4.78 is 18.6. The predicted octanol–water partition coefficient (Wildman–Crippen LogP) is 3.25. The number of aromatic nitrogens is 2. The highest BCUT2D eigenvalue weighted by atomic mass is 35.5. The number of hydrogen-bond acceptors (Lipinski definition) is 4. The first-order chi connectivity index (χ1) is 8.51. The fourth-order valence-electron chi connectivity index (χ4n) is 1.68. The summed E-state index contributed by atoms with van der Waals surface area (Å²) in [4.78, 5) is 8.16. The molecule has 96 valence electrons. The van der Waals surface area contributed by atoms with Crippen LogP contribution < -0.4 is 10.1 Å². The Balaban J connectivity index is 2.74. The van der Waals surface area contributed by atoms with Crippen molar-refractivity contribution in [3.63, 3.8) is 0 Å². The van der Waals surface area contributed by atoms with Gasteiger partial charge in [0.1, 0.15) is 22.9 Å². The molecule has 0 saturated heterocycles. The Morgan fingerprint density at radius 3 is 2.67 bits per heavy atom. The van der Waals surface area contributed by atoms with Crippen molar-refractivity contribution >= 4 is 28.3 Å². The van der Waals surface area contributed by atoms with Gasteiger partial charge in [-0.3, -0.25) is 0 Å². The van der Waals surface area contributed by atoms with E-state index in [2.05, 4.69) is 15.3 Å². The van der Waals surface area contributed by atoms with Gasteiger partial charge in [0.05, 0.1) is 7.11 Å². The SMILES string of the molecule is COc1cc(F)cc2c(NC(C)C)nc(Cl)nc12. The molecular weight excluding hydrogens is 257 g/mol. The second-order valence-corrected chi connectivity index (χ2v) is 4.48. The Morgan fingerprint density at radius 1 is 1.33 bits per heavy atom. The van der Waals surface area contributed by atoms with Gasteiger partial charge < -0.3 is 10.1 Å². The van der Waals surface area contributed by atoms with E-state index in [0.717, 1.165) is 0 Å². The molecule has 1 heterocycles. The van der Waals surface area contributed by atoms with Crippen molar-refractivity contribution in [1.82, 2.24) is 9.97 Å². The molecule has 0 aliphatic rings. The van der Waals surface area contributed by atoms with E-state index in [0.29, 0.717) is 22.5 Å². The number of methoxy groups -OCH3 is 1. The molecule has 1 N–H and O–H groups in total. The van der Waals surface area contributed by atoms with Gasteiger partial charge in [0.25, 0.3) is 0 Å². The molecule has 18 heavy (non-hydrogen) atoms. The number of rotatable bonds is 3. The standard InChI is InChI=1S/C12H13ClFN3O/c1-6(2)15-11-8-4-7(14)5-9(18-3)10(8)16-12(13)17-11/h4-6H,1-3H3,(H,15,16,17). The highest BCUT2D eigenvalue weighted by molar-refractivity contribution is 6.29. The van der Waals surface area contributed by atoms with Crippen molar-refractivity contribution in [2.24, 2.45) is 0 Å². The number of benzene rings is 1. The zero-order valence-corrected chi connectivity index (χ0v) is 11.0. The van der Waals surface area contributed by atoms with Gasteiger partial charge in [0.15, 0.2) is 0 Å². The molecule has 0 bridgehead atoms. The van der Waals surface area contributed by atoms with E-state index in [1.807, 2.05) is 13.8 Å². The van der Waals surface area contributed by atoms with E-state index in [-0.39, 0.29) is 11.3 Å². The smallest absolute Gasteiger partial charge is 0.225 e. The topological polar surface area (TPSA) is 47.0 Å². The monoisotopic (exact) mass is 269 g/mol. The summed E-state index contributed by atoms with van der Waals surface area (Å²) in [5, 5.41) is 3.75. The van der Waals surface area contributed by atoms with Crippen molar-refractivity contribution in [3.8, 4) is 5.75 Å². The lowest BCUT2D eigenvalue weighted by Crippen LogP contribution is -2.12. The van der Waals surface area contributed by atoms with Crippen molar-refractivity contribution in [2.45, 2.75) is 19.9 Å². The number of anilines is 1. The van der Waals surface area contributed by atoms with Crippen LogP contribution in [0, 0.1) is 5.82 Å². The normalized spacial score (nSPS) is 11.0. The quantitative estimate of drug-likeness (QED) is 0.869. The third-order valence-electron chi connectivity index (χ3n) is 2.35. The summed E-state index contributed by atoms with van der Waals surface area (Å²) in [6.45, 7) is 3.91. The van der Waals surface area contributed by atoms with E-state index in [9.17, 15) is 4.39 Å². The molecule has 2 rings (SSSR count). The van der Waals surface area contributed by atoms with Gasteiger partial charge in [0, 0.05) is 17.5 Å². The molecule has 2 aromatic rings. The number of ether oxygens (including phenoxy) is 1. The second kappa shape index (κ2) is 4.94. The van der Waals surface area contributed by atoms with Crippen LogP contribution >= 0.6 is 11.6 Å². The number of nitrogens with one attached hydrogen (secondary N) is 1. The maximum absolute atomic E-state index is 13.5. The van der Waals surface area contributed by atoms with Gasteiger partial charge in [-0.05, 0) is 31.5 Å². The average Bonchev–Trinajstić information content (AvgIpc) is 2.28. The molecular formula is C12H13ClFN3O. The minimum Gasteiger partial charge on any atom is -0.494 e. The Bertz CT molecular complexity index is 589. The first-order valence-corrected chi connectivity index (χ1v) is 5.86. The molecule has 0 saturated carbocycles. The van der Waals surface area contributed by atoms with Crippen LogP contribution in [0.4, 0.5) is 10.2 Å². The van der Waals surface area contributed by atoms with Crippen LogP contribution in [-0.4, -0.2) is 23.1 Å². The summed E-state index contributed by atoms with van der Waals surface area (Å²) in [6, 6.07) is 2.78. The van der Waals surface area contributed by atoms with Crippen LogP contribution in [0.25, 0.3) is 10.9 Å². The Morgan fingerprint density at radius 2 is 2.06 bits per heavy atom.